The maximum atomic E-state index is 12.5. The topological polar surface area (TPSA) is 55.1 Å². The van der Waals surface area contributed by atoms with Crippen molar-refractivity contribution in [2.75, 3.05) is 0 Å². The third kappa shape index (κ3) is 4.48. The molecule has 25 heavy (non-hydrogen) atoms. The van der Waals surface area contributed by atoms with Crippen LogP contribution in [-0.2, 0) is 6.42 Å². The van der Waals surface area contributed by atoms with E-state index in [1.54, 1.807) is 24.3 Å². The number of rotatable bonds is 6. The van der Waals surface area contributed by atoms with Gasteiger partial charge in [0.1, 0.15) is 0 Å². The number of aromatic nitrogens is 1. The van der Waals surface area contributed by atoms with Crippen molar-refractivity contribution in [1.29, 1.82) is 0 Å². The molecule has 2 aromatic carbocycles. The Morgan fingerprint density at radius 3 is 2.60 bits per heavy atom. The molecular formula is C20H19ClN2O2. The number of benzene rings is 2. The minimum absolute atomic E-state index is 0.0301. The molecule has 5 heteroatoms. The second-order valence-electron chi connectivity index (χ2n) is 5.94. The van der Waals surface area contributed by atoms with E-state index in [4.69, 9.17) is 16.0 Å². The highest BCUT2D eigenvalue weighted by molar-refractivity contribution is 6.30. The summed E-state index contributed by atoms with van der Waals surface area (Å²) in [5.41, 5.74) is 2.31. The zero-order valence-electron chi connectivity index (χ0n) is 13.9. The Morgan fingerprint density at radius 2 is 1.88 bits per heavy atom. The molecule has 0 saturated heterocycles. The first-order valence-electron chi connectivity index (χ1n) is 8.17. The Balaban J connectivity index is 1.63. The minimum Gasteiger partial charge on any atom is -0.443 e. The Kier molecular flexibility index (Phi) is 5.51. The van der Waals surface area contributed by atoms with Gasteiger partial charge in [0.05, 0.1) is 0 Å². The summed E-state index contributed by atoms with van der Waals surface area (Å²) in [6, 6.07) is 17.4. The molecule has 0 fully saturated rings. The number of hydrogen-bond donors (Lipinski definition) is 1. The smallest absolute Gasteiger partial charge is 0.274 e. The van der Waals surface area contributed by atoms with E-state index in [1.807, 2.05) is 25.1 Å². The Hall–Kier alpha value is -2.59. The van der Waals surface area contributed by atoms with Gasteiger partial charge in [-0.25, -0.2) is 4.98 Å². The van der Waals surface area contributed by atoms with Gasteiger partial charge in [-0.3, -0.25) is 4.79 Å². The molecule has 3 rings (SSSR count). The van der Waals surface area contributed by atoms with Crippen molar-refractivity contribution in [2.45, 2.75) is 25.8 Å². The fourth-order valence-corrected chi connectivity index (χ4v) is 2.73. The zero-order chi connectivity index (χ0) is 17.6. The van der Waals surface area contributed by atoms with Crippen LogP contribution in [0.25, 0.3) is 11.3 Å². The first-order chi connectivity index (χ1) is 12.1. The van der Waals surface area contributed by atoms with Crippen LogP contribution in [0.3, 0.4) is 0 Å². The molecule has 0 aliphatic rings. The number of hydrogen-bond acceptors (Lipinski definition) is 3. The van der Waals surface area contributed by atoms with Gasteiger partial charge in [-0.05, 0) is 49.6 Å². The van der Waals surface area contributed by atoms with E-state index in [2.05, 4.69) is 22.4 Å². The predicted octanol–water partition coefficient (Wildman–Crippen LogP) is 4.75. The van der Waals surface area contributed by atoms with E-state index in [0.717, 1.165) is 18.4 Å². The fourth-order valence-electron chi connectivity index (χ4n) is 2.61. The number of oxazole rings is 1. The number of nitrogens with zero attached hydrogens (tertiary/aromatic N) is 1. The van der Waals surface area contributed by atoms with Crippen LogP contribution in [0, 0.1) is 0 Å². The van der Waals surface area contributed by atoms with Gasteiger partial charge < -0.3 is 9.73 Å². The van der Waals surface area contributed by atoms with Gasteiger partial charge in [-0.15, -0.1) is 0 Å². The van der Waals surface area contributed by atoms with Crippen LogP contribution in [-0.4, -0.2) is 16.9 Å². The van der Waals surface area contributed by atoms with Crippen molar-refractivity contribution >= 4 is 17.5 Å². The molecule has 0 radical (unpaired) electrons. The van der Waals surface area contributed by atoms with Crippen molar-refractivity contribution in [2.24, 2.45) is 0 Å². The summed E-state index contributed by atoms with van der Waals surface area (Å²) in [5, 5.41) is 3.62. The highest BCUT2D eigenvalue weighted by Gasteiger charge is 2.19. The maximum absolute atomic E-state index is 12.5. The van der Waals surface area contributed by atoms with Crippen LogP contribution in [0.4, 0.5) is 0 Å². The lowest BCUT2D eigenvalue weighted by atomic mass is 10.1. The molecular weight excluding hydrogens is 336 g/mol. The van der Waals surface area contributed by atoms with Crippen LogP contribution in [0.2, 0.25) is 5.02 Å². The zero-order valence-corrected chi connectivity index (χ0v) is 14.7. The molecule has 0 saturated carbocycles. The van der Waals surface area contributed by atoms with E-state index in [-0.39, 0.29) is 17.6 Å². The summed E-state index contributed by atoms with van der Waals surface area (Å²) in [6.07, 6.45) is 3.04. The number of carbonyl (C=O) groups excluding carboxylic acids is 1. The van der Waals surface area contributed by atoms with Gasteiger partial charge in [-0.2, -0.15) is 0 Å². The summed E-state index contributed by atoms with van der Waals surface area (Å²) in [4.78, 5) is 16.6. The van der Waals surface area contributed by atoms with Crippen LogP contribution in [0.15, 0.2) is 65.4 Å². The number of carbonyl (C=O) groups is 1. The van der Waals surface area contributed by atoms with Crippen molar-refractivity contribution in [1.82, 2.24) is 10.3 Å². The lowest BCUT2D eigenvalue weighted by Gasteiger charge is -2.13. The average molecular weight is 355 g/mol. The number of nitrogens with one attached hydrogen (secondary N) is 1. The van der Waals surface area contributed by atoms with E-state index < -0.39 is 0 Å². The van der Waals surface area contributed by atoms with E-state index in [9.17, 15) is 4.79 Å². The molecule has 3 aromatic rings. The molecule has 0 unspecified atom stereocenters. The largest absolute Gasteiger partial charge is 0.443 e. The second-order valence-corrected chi connectivity index (χ2v) is 6.37. The maximum Gasteiger partial charge on any atom is 0.274 e. The lowest BCUT2D eigenvalue weighted by Crippen LogP contribution is -2.33. The third-order valence-corrected chi connectivity index (χ3v) is 4.23. The standard InChI is InChI=1S/C20H19ClN2O2/c1-14(7-8-15-5-3-2-4-6-15)23-20(24)18-19(25-13-22-18)16-9-11-17(21)12-10-16/h2-6,9-14H,7-8H2,1H3,(H,23,24)/t14-/m1/s1. The molecule has 0 aliphatic heterocycles. The summed E-state index contributed by atoms with van der Waals surface area (Å²) in [6.45, 7) is 1.99. The molecule has 0 aliphatic carbocycles. The van der Waals surface area contributed by atoms with Gasteiger partial charge in [0.2, 0.25) is 0 Å². The average Bonchev–Trinajstić information content (AvgIpc) is 3.11. The van der Waals surface area contributed by atoms with Gasteiger partial charge >= 0.3 is 0 Å². The Bertz CT molecular complexity index is 828. The predicted molar refractivity (Wildman–Crippen MR) is 98.6 cm³/mol. The van der Waals surface area contributed by atoms with Crippen LogP contribution < -0.4 is 5.32 Å². The van der Waals surface area contributed by atoms with E-state index >= 15 is 0 Å². The summed E-state index contributed by atoms with van der Waals surface area (Å²) < 4.78 is 5.41. The van der Waals surface area contributed by atoms with Gasteiger partial charge in [0.25, 0.3) is 5.91 Å². The molecule has 128 valence electrons. The van der Waals surface area contributed by atoms with Crippen LogP contribution >= 0.6 is 11.6 Å². The molecule has 1 amide bonds. The van der Waals surface area contributed by atoms with Crippen LogP contribution in [0.1, 0.15) is 29.4 Å². The molecule has 4 nitrogen and oxygen atoms in total. The Labute approximate surface area is 151 Å². The number of halogens is 1. The highest BCUT2D eigenvalue weighted by Crippen LogP contribution is 2.24. The quantitative estimate of drug-likeness (QED) is 0.695. The first-order valence-corrected chi connectivity index (χ1v) is 8.55. The van der Waals surface area contributed by atoms with Crippen molar-refractivity contribution in [3.8, 4) is 11.3 Å². The van der Waals surface area contributed by atoms with E-state index in [0.29, 0.717) is 10.8 Å². The second kappa shape index (κ2) is 7.99. The highest BCUT2D eigenvalue weighted by atomic mass is 35.5. The van der Waals surface area contributed by atoms with Crippen molar-refractivity contribution in [3.05, 3.63) is 77.3 Å². The van der Waals surface area contributed by atoms with E-state index in [1.165, 1.54) is 12.0 Å². The molecule has 1 heterocycles. The monoisotopic (exact) mass is 354 g/mol. The first kappa shape index (κ1) is 17.2. The lowest BCUT2D eigenvalue weighted by molar-refractivity contribution is 0.0934. The van der Waals surface area contributed by atoms with Crippen molar-refractivity contribution in [3.63, 3.8) is 0 Å². The molecule has 1 aromatic heterocycles. The van der Waals surface area contributed by atoms with Crippen LogP contribution in [0.5, 0.6) is 0 Å². The molecule has 1 N–H and O–H groups in total. The molecule has 0 spiro atoms. The molecule has 1 atom stereocenters. The summed E-state index contributed by atoms with van der Waals surface area (Å²) >= 11 is 5.90. The number of amides is 1. The summed E-state index contributed by atoms with van der Waals surface area (Å²) in [5.74, 6) is 0.212. The van der Waals surface area contributed by atoms with Crippen molar-refractivity contribution < 1.29 is 9.21 Å². The minimum atomic E-state index is -0.237. The summed E-state index contributed by atoms with van der Waals surface area (Å²) in [7, 11) is 0. The fraction of sp³-hybridized carbons (Fsp3) is 0.200. The normalized spacial score (nSPS) is 11.9. The SMILES string of the molecule is C[C@H](CCc1ccccc1)NC(=O)c1ncoc1-c1ccc(Cl)cc1. The van der Waals surface area contributed by atoms with Gasteiger partial charge in [0.15, 0.2) is 17.8 Å². The van der Waals surface area contributed by atoms with Gasteiger partial charge in [0, 0.05) is 16.6 Å². The van der Waals surface area contributed by atoms with Gasteiger partial charge in [-0.1, -0.05) is 41.9 Å². The number of aryl methyl sites for hydroxylation is 1. The third-order valence-electron chi connectivity index (χ3n) is 3.98. The Morgan fingerprint density at radius 1 is 1.16 bits per heavy atom. The molecule has 0 bridgehead atoms.